The van der Waals surface area contributed by atoms with E-state index in [1.807, 2.05) is 12.1 Å². The Hall–Kier alpha value is -2.30. The van der Waals surface area contributed by atoms with Gasteiger partial charge in [-0.05, 0) is 18.2 Å². The number of oxazole rings is 1. The molecular formula is C10H8N4O. The molecule has 2 N–H and O–H groups in total. The third-order valence-electron chi connectivity index (χ3n) is 2.10. The Balaban J connectivity index is 2.22. The van der Waals surface area contributed by atoms with Crippen LogP contribution in [0, 0.1) is 0 Å². The van der Waals surface area contributed by atoms with Gasteiger partial charge in [-0.3, -0.25) is 0 Å². The number of nitrogen functional groups attached to an aromatic ring is 1. The molecule has 0 saturated heterocycles. The number of hydrogen-bond donors (Lipinski definition) is 1. The normalized spacial score (nSPS) is 10.9. The molecule has 5 heteroatoms. The summed E-state index contributed by atoms with van der Waals surface area (Å²) in [6.07, 6.45) is 3.44. The van der Waals surface area contributed by atoms with Crippen LogP contribution in [-0.4, -0.2) is 14.8 Å². The SMILES string of the molecule is Nc1ccc2nc(-n3cccn3)oc2c1. The molecule has 0 aliphatic rings. The Morgan fingerprint density at radius 1 is 1.33 bits per heavy atom. The number of fused-ring (bicyclic) bond motifs is 1. The first-order chi connectivity index (χ1) is 7.33. The van der Waals surface area contributed by atoms with Gasteiger partial charge < -0.3 is 10.2 Å². The van der Waals surface area contributed by atoms with Crippen molar-refractivity contribution in [3.8, 4) is 6.01 Å². The highest BCUT2D eigenvalue weighted by atomic mass is 16.4. The fourth-order valence-electron chi connectivity index (χ4n) is 1.41. The van der Waals surface area contributed by atoms with Gasteiger partial charge in [-0.15, -0.1) is 0 Å². The lowest BCUT2D eigenvalue weighted by atomic mass is 10.3. The van der Waals surface area contributed by atoms with E-state index in [0.29, 0.717) is 17.3 Å². The van der Waals surface area contributed by atoms with E-state index in [0.717, 1.165) is 5.52 Å². The predicted octanol–water partition coefficient (Wildman–Crippen LogP) is 1.60. The van der Waals surface area contributed by atoms with Gasteiger partial charge in [-0.25, -0.2) is 0 Å². The van der Waals surface area contributed by atoms with E-state index in [1.54, 1.807) is 29.2 Å². The van der Waals surface area contributed by atoms with Crippen molar-refractivity contribution in [3.63, 3.8) is 0 Å². The second-order valence-corrected chi connectivity index (χ2v) is 3.17. The molecule has 74 valence electrons. The van der Waals surface area contributed by atoms with Crippen LogP contribution in [0.3, 0.4) is 0 Å². The summed E-state index contributed by atoms with van der Waals surface area (Å²) in [4.78, 5) is 4.27. The number of rotatable bonds is 1. The molecule has 0 atom stereocenters. The second-order valence-electron chi connectivity index (χ2n) is 3.17. The molecule has 0 amide bonds. The Morgan fingerprint density at radius 3 is 3.07 bits per heavy atom. The lowest BCUT2D eigenvalue weighted by molar-refractivity contribution is 0.543. The zero-order valence-corrected chi connectivity index (χ0v) is 7.79. The molecule has 1 aromatic carbocycles. The van der Waals surface area contributed by atoms with Crippen molar-refractivity contribution in [2.45, 2.75) is 0 Å². The Bertz CT molecular complexity index is 597. The number of aromatic nitrogens is 3. The van der Waals surface area contributed by atoms with Gasteiger partial charge in [0, 0.05) is 24.1 Å². The third-order valence-corrected chi connectivity index (χ3v) is 2.10. The molecule has 0 radical (unpaired) electrons. The molecule has 3 aromatic rings. The molecule has 0 spiro atoms. The van der Waals surface area contributed by atoms with Crippen molar-refractivity contribution >= 4 is 16.8 Å². The Morgan fingerprint density at radius 2 is 2.27 bits per heavy atom. The smallest absolute Gasteiger partial charge is 0.323 e. The summed E-state index contributed by atoms with van der Waals surface area (Å²) in [5.41, 5.74) is 7.74. The number of nitrogens with two attached hydrogens (primary N) is 1. The van der Waals surface area contributed by atoms with Crippen molar-refractivity contribution in [2.75, 3.05) is 5.73 Å². The zero-order chi connectivity index (χ0) is 10.3. The average Bonchev–Trinajstić information content (AvgIpc) is 2.84. The summed E-state index contributed by atoms with van der Waals surface area (Å²) in [7, 11) is 0. The van der Waals surface area contributed by atoms with E-state index in [4.69, 9.17) is 10.2 Å². The van der Waals surface area contributed by atoms with Gasteiger partial charge in [-0.2, -0.15) is 14.8 Å². The molecule has 0 unspecified atom stereocenters. The highest BCUT2D eigenvalue weighted by molar-refractivity contribution is 5.77. The van der Waals surface area contributed by atoms with Gasteiger partial charge in [0.1, 0.15) is 5.52 Å². The standard InChI is InChI=1S/C10H8N4O/c11-7-2-3-8-9(6-7)15-10(13-8)14-5-1-4-12-14/h1-6H,11H2. The molecule has 0 saturated carbocycles. The van der Waals surface area contributed by atoms with Gasteiger partial charge in [0.15, 0.2) is 5.58 Å². The predicted molar refractivity (Wildman–Crippen MR) is 55.5 cm³/mol. The van der Waals surface area contributed by atoms with Crippen LogP contribution >= 0.6 is 0 Å². The van der Waals surface area contributed by atoms with Gasteiger partial charge >= 0.3 is 6.01 Å². The highest BCUT2D eigenvalue weighted by Gasteiger charge is 2.07. The van der Waals surface area contributed by atoms with Crippen LogP contribution < -0.4 is 5.73 Å². The van der Waals surface area contributed by atoms with E-state index in [-0.39, 0.29) is 0 Å². The minimum Gasteiger partial charge on any atom is -0.422 e. The Kier molecular flexibility index (Phi) is 1.53. The highest BCUT2D eigenvalue weighted by Crippen LogP contribution is 2.19. The molecule has 2 aromatic heterocycles. The van der Waals surface area contributed by atoms with Crippen molar-refractivity contribution in [2.24, 2.45) is 0 Å². The lowest BCUT2D eigenvalue weighted by Crippen LogP contribution is -1.92. The molecular weight excluding hydrogens is 192 g/mol. The van der Waals surface area contributed by atoms with E-state index in [9.17, 15) is 0 Å². The van der Waals surface area contributed by atoms with Crippen molar-refractivity contribution < 1.29 is 4.42 Å². The van der Waals surface area contributed by atoms with E-state index in [1.165, 1.54) is 0 Å². The summed E-state index contributed by atoms with van der Waals surface area (Å²) in [6.45, 7) is 0. The van der Waals surface area contributed by atoms with Crippen molar-refractivity contribution in [1.82, 2.24) is 14.8 Å². The van der Waals surface area contributed by atoms with Crippen LogP contribution in [0.25, 0.3) is 17.1 Å². The van der Waals surface area contributed by atoms with E-state index >= 15 is 0 Å². The first kappa shape index (κ1) is 8.05. The topological polar surface area (TPSA) is 69.9 Å². The molecule has 0 bridgehead atoms. The van der Waals surface area contributed by atoms with Crippen LogP contribution in [0.5, 0.6) is 0 Å². The minimum absolute atomic E-state index is 0.445. The van der Waals surface area contributed by atoms with Crippen molar-refractivity contribution in [3.05, 3.63) is 36.7 Å². The van der Waals surface area contributed by atoms with Crippen LogP contribution in [0.2, 0.25) is 0 Å². The summed E-state index contributed by atoms with van der Waals surface area (Å²) >= 11 is 0. The molecule has 5 nitrogen and oxygen atoms in total. The molecule has 3 rings (SSSR count). The van der Waals surface area contributed by atoms with E-state index in [2.05, 4.69) is 10.1 Å². The maximum absolute atomic E-state index is 5.64. The zero-order valence-electron chi connectivity index (χ0n) is 7.79. The van der Waals surface area contributed by atoms with Gasteiger partial charge in [0.2, 0.25) is 0 Å². The summed E-state index contributed by atoms with van der Waals surface area (Å²) < 4.78 is 7.07. The molecule has 0 fully saturated rings. The second kappa shape index (κ2) is 2.84. The average molecular weight is 200 g/mol. The largest absolute Gasteiger partial charge is 0.422 e. The molecule has 0 aliphatic heterocycles. The molecule has 0 aliphatic carbocycles. The molecule has 15 heavy (non-hydrogen) atoms. The van der Waals surface area contributed by atoms with Crippen LogP contribution in [0.1, 0.15) is 0 Å². The maximum atomic E-state index is 5.64. The van der Waals surface area contributed by atoms with Gasteiger partial charge in [0.05, 0.1) is 0 Å². The summed E-state index contributed by atoms with van der Waals surface area (Å²) in [6, 6.07) is 7.61. The number of benzene rings is 1. The number of hydrogen-bond acceptors (Lipinski definition) is 4. The van der Waals surface area contributed by atoms with Crippen LogP contribution in [0.15, 0.2) is 41.1 Å². The number of anilines is 1. The van der Waals surface area contributed by atoms with Gasteiger partial charge in [0.25, 0.3) is 0 Å². The summed E-state index contributed by atoms with van der Waals surface area (Å²) in [5, 5.41) is 4.03. The third kappa shape index (κ3) is 1.25. The van der Waals surface area contributed by atoms with Gasteiger partial charge in [-0.1, -0.05) is 0 Å². The Labute approximate surface area is 85.1 Å². The lowest BCUT2D eigenvalue weighted by Gasteiger charge is -1.90. The van der Waals surface area contributed by atoms with Crippen LogP contribution in [0.4, 0.5) is 5.69 Å². The van der Waals surface area contributed by atoms with Crippen molar-refractivity contribution in [1.29, 1.82) is 0 Å². The quantitative estimate of drug-likeness (QED) is 0.605. The monoisotopic (exact) mass is 200 g/mol. The fraction of sp³-hybridized carbons (Fsp3) is 0. The van der Waals surface area contributed by atoms with Crippen LogP contribution in [-0.2, 0) is 0 Å². The first-order valence-corrected chi connectivity index (χ1v) is 4.49. The molecule has 2 heterocycles. The number of nitrogens with zero attached hydrogens (tertiary/aromatic N) is 3. The summed E-state index contributed by atoms with van der Waals surface area (Å²) in [5.74, 6) is 0. The fourth-order valence-corrected chi connectivity index (χ4v) is 1.41. The minimum atomic E-state index is 0.445. The first-order valence-electron chi connectivity index (χ1n) is 4.49. The van der Waals surface area contributed by atoms with E-state index < -0.39 is 0 Å². The maximum Gasteiger partial charge on any atom is 0.323 e.